The Morgan fingerprint density at radius 1 is 0.933 bits per heavy atom. The fourth-order valence-corrected chi connectivity index (χ4v) is 5.69. The number of carbonyl (C=O) groups excluding carboxylic acids is 3. The summed E-state index contributed by atoms with van der Waals surface area (Å²) in [5, 5.41) is 0. The summed E-state index contributed by atoms with van der Waals surface area (Å²) >= 11 is 0. The van der Waals surface area contributed by atoms with Gasteiger partial charge in [-0.15, -0.1) is 0 Å². The molecule has 1 heterocycles. The molecule has 2 saturated carbocycles. The molecule has 5 nitrogen and oxygen atoms in total. The third-order valence-electron chi connectivity index (χ3n) is 7.04. The molecule has 7 rings (SSSR count). The summed E-state index contributed by atoms with van der Waals surface area (Å²) in [5.74, 6) is -0.921. The molecule has 0 radical (unpaired) electrons. The van der Waals surface area contributed by atoms with Gasteiger partial charge in [-0.2, -0.15) is 0 Å². The first kappa shape index (κ1) is 17.6. The topological polar surface area (TPSA) is 63.7 Å². The van der Waals surface area contributed by atoms with Gasteiger partial charge in [0.15, 0.2) is 0 Å². The second-order valence-corrected chi connectivity index (χ2v) is 8.53. The van der Waals surface area contributed by atoms with E-state index in [4.69, 9.17) is 4.74 Å². The number of carbonyl (C=O) groups is 3. The van der Waals surface area contributed by atoms with Crippen molar-refractivity contribution in [2.45, 2.75) is 6.42 Å². The van der Waals surface area contributed by atoms with Crippen LogP contribution in [0.15, 0.2) is 60.7 Å². The lowest BCUT2D eigenvalue weighted by Gasteiger charge is -2.37. The maximum absolute atomic E-state index is 13.9. The second kappa shape index (κ2) is 6.11. The van der Waals surface area contributed by atoms with Crippen LogP contribution in [-0.2, 0) is 9.59 Å². The van der Waals surface area contributed by atoms with Crippen molar-refractivity contribution in [2.24, 2.45) is 35.5 Å². The SMILES string of the molecule is O=C(Oc1cccc(N2C(=O)[C@@H]3[C@H]4C=C[C@H]([C@@H]5C[C@@H]45)[C@@H]3C2=O)c1)c1ccccc1F. The molecule has 6 heteroatoms. The quantitative estimate of drug-likeness (QED) is 0.340. The van der Waals surface area contributed by atoms with Gasteiger partial charge in [-0.3, -0.25) is 9.59 Å². The van der Waals surface area contributed by atoms with E-state index in [1.54, 1.807) is 24.3 Å². The van der Waals surface area contributed by atoms with Crippen LogP contribution in [-0.4, -0.2) is 17.8 Å². The zero-order valence-electron chi connectivity index (χ0n) is 15.9. The van der Waals surface area contributed by atoms with Crippen LogP contribution in [0.5, 0.6) is 5.75 Å². The Morgan fingerprint density at radius 2 is 1.60 bits per heavy atom. The molecule has 2 aromatic rings. The van der Waals surface area contributed by atoms with E-state index in [0.29, 0.717) is 17.5 Å². The maximum Gasteiger partial charge on any atom is 0.346 e. The smallest absolute Gasteiger partial charge is 0.346 e. The highest BCUT2D eigenvalue weighted by Crippen LogP contribution is 2.65. The molecule has 0 unspecified atom stereocenters. The molecule has 6 atom stereocenters. The summed E-state index contributed by atoms with van der Waals surface area (Å²) < 4.78 is 19.2. The average Bonchev–Trinajstić information content (AvgIpc) is 3.52. The predicted octanol–water partition coefficient (Wildman–Crippen LogP) is 3.60. The van der Waals surface area contributed by atoms with Crippen LogP contribution in [0.1, 0.15) is 16.8 Å². The molecule has 1 saturated heterocycles. The lowest BCUT2D eigenvalue weighted by Crippen LogP contribution is -2.40. The molecule has 0 spiro atoms. The van der Waals surface area contributed by atoms with E-state index in [1.165, 1.54) is 29.2 Å². The standard InChI is InChI=1S/C24H18FNO4/c25-19-7-2-1-6-16(19)24(29)30-13-5-3-4-12(10-13)26-22(27)20-14-8-9-15(18-11-17(14)18)21(20)23(26)28/h1-10,14-15,17-18,20-21H,11H2/t14-,15+,17-,18-,20+,21-/m0/s1. The minimum absolute atomic E-state index is 0.147. The second-order valence-electron chi connectivity index (χ2n) is 8.53. The maximum atomic E-state index is 13.9. The van der Waals surface area contributed by atoms with Gasteiger partial charge in [0.05, 0.1) is 23.1 Å². The first-order valence-corrected chi connectivity index (χ1v) is 10.2. The highest BCUT2D eigenvalue weighted by molar-refractivity contribution is 6.22. The van der Waals surface area contributed by atoms with Crippen molar-refractivity contribution in [3.8, 4) is 5.75 Å². The number of rotatable bonds is 3. The lowest BCUT2D eigenvalue weighted by molar-refractivity contribution is -0.124. The Labute approximate surface area is 172 Å². The number of esters is 1. The van der Waals surface area contributed by atoms with Crippen molar-refractivity contribution in [1.29, 1.82) is 0 Å². The Kier molecular flexibility index (Phi) is 3.58. The molecular weight excluding hydrogens is 385 g/mol. The van der Waals surface area contributed by atoms with Crippen LogP contribution in [0, 0.1) is 41.3 Å². The number of hydrogen-bond donors (Lipinski definition) is 0. The molecule has 3 fully saturated rings. The number of halogens is 1. The van der Waals surface area contributed by atoms with Crippen LogP contribution in [0.4, 0.5) is 10.1 Å². The molecule has 150 valence electrons. The van der Waals surface area contributed by atoms with Crippen LogP contribution in [0.3, 0.4) is 0 Å². The fraction of sp³-hybridized carbons (Fsp3) is 0.292. The first-order chi connectivity index (χ1) is 14.5. The molecule has 0 aromatic heterocycles. The van der Waals surface area contributed by atoms with Crippen molar-refractivity contribution in [3.63, 3.8) is 0 Å². The molecule has 30 heavy (non-hydrogen) atoms. The average molecular weight is 403 g/mol. The van der Waals surface area contributed by atoms with Gasteiger partial charge in [-0.1, -0.05) is 30.4 Å². The summed E-state index contributed by atoms with van der Waals surface area (Å²) in [6.45, 7) is 0. The molecular formula is C24H18FNO4. The Balaban J connectivity index is 1.29. The number of imide groups is 1. The van der Waals surface area contributed by atoms with Crippen molar-refractivity contribution < 1.29 is 23.5 Å². The Hall–Kier alpha value is -3.28. The minimum atomic E-state index is -0.833. The third-order valence-corrected chi connectivity index (χ3v) is 7.04. The van der Waals surface area contributed by atoms with E-state index in [9.17, 15) is 18.8 Å². The number of hydrogen-bond acceptors (Lipinski definition) is 4. The predicted molar refractivity (Wildman–Crippen MR) is 105 cm³/mol. The summed E-state index contributed by atoms with van der Waals surface area (Å²) in [6.07, 6.45) is 5.36. The molecule has 2 amide bonds. The van der Waals surface area contributed by atoms with Crippen LogP contribution >= 0.6 is 0 Å². The van der Waals surface area contributed by atoms with E-state index in [-0.39, 0.29) is 46.8 Å². The Morgan fingerprint density at radius 3 is 2.27 bits per heavy atom. The van der Waals surface area contributed by atoms with Crippen molar-refractivity contribution in [3.05, 3.63) is 72.1 Å². The zero-order chi connectivity index (χ0) is 20.6. The number of benzene rings is 2. The highest BCUT2D eigenvalue weighted by atomic mass is 19.1. The van der Waals surface area contributed by atoms with Gasteiger partial charge >= 0.3 is 5.97 Å². The van der Waals surface area contributed by atoms with Gasteiger partial charge in [0.1, 0.15) is 11.6 Å². The van der Waals surface area contributed by atoms with E-state index < -0.39 is 11.8 Å². The molecule has 2 bridgehead atoms. The number of ether oxygens (including phenoxy) is 1. The number of amides is 2. The third kappa shape index (κ3) is 2.36. The number of anilines is 1. The van der Waals surface area contributed by atoms with E-state index in [2.05, 4.69) is 12.2 Å². The van der Waals surface area contributed by atoms with Crippen LogP contribution in [0.2, 0.25) is 0 Å². The normalized spacial score (nSPS) is 32.8. The van der Waals surface area contributed by atoms with Gasteiger partial charge < -0.3 is 4.74 Å². The summed E-state index contributed by atoms with van der Waals surface area (Å²) in [6, 6.07) is 11.9. The summed E-state index contributed by atoms with van der Waals surface area (Å²) in [5.41, 5.74) is 0.204. The largest absolute Gasteiger partial charge is 0.423 e. The summed E-state index contributed by atoms with van der Waals surface area (Å²) in [4.78, 5) is 40.0. The Bertz CT molecular complexity index is 1110. The molecule has 1 aliphatic heterocycles. The van der Waals surface area contributed by atoms with Gasteiger partial charge in [0.2, 0.25) is 11.8 Å². The minimum Gasteiger partial charge on any atom is -0.423 e. The monoisotopic (exact) mass is 403 g/mol. The van der Waals surface area contributed by atoms with Crippen molar-refractivity contribution in [1.82, 2.24) is 0 Å². The molecule has 0 N–H and O–H groups in total. The van der Waals surface area contributed by atoms with Crippen LogP contribution < -0.4 is 9.64 Å². The molecule has 5 aliphatic rings. The van der Waals surface area contributed by atoms with Gasteiger partial charge in [-0.25, -0.2) is 14.1 Å². The van der Waals surface area contributed by atoms with E-state index >= 15 is 0 Å². The highest BCUT2D eigenvalue weighted by Gasteiger charge is 2.67. The van der Waals surface area contributed by atoms with E-state index in [1.807, 2.05) is 0 Å². The van der Waals surface area contributed by atoms with Gasteiger partial charge in [-0.05, 0) is 54.4 Å². The molecule has 4 aliphatic carbocycles. The van der Waals surface area contributed by atoms with E-state index in [0.717, 1.165) is 6.42 Å². The number of nitrogens with zero attached hydrogens (tertiary/aromatic N) is 1. The fourth-order valence-electron chi connectivity index (χ4n) is 5.69. The van der Waals surface area contributed by atoms with Crippen LogP contribution in [0.25, 0.3) is 0 Å². The summed E-state index contributed by atoms with van der Waals surface area (Å²) in [7, 11) is 0. The number of allylic oxidation sites excluding steroid dienone is 2. The first-order valence-electron chi connectivity index (χ1n) is 10.2. The molecule has 2 aromatic carbocycles. The zero-order valence-corrected chi connectivity index (χ0v) is 15.9. The van der Waals surface area contributed by atoms with Crippen molar-refractivity contribution in [2.75, 3.05) is 4.90 Å². The lowest BCUT2D eigenvalue weighted by atomic mass is 9.63. The van der Waals surface area contributed by atoms with Gasteiger partial charge in [0, 0.05) is 6.07 Å². The van der Waals surface area contributed by atoms with Crippen molar-refractivity contribution >= 4 is 23.5 Å². The van der Waals surface area contributed by atoms with Gasteiger partial charge in [0.25, 0.3) is 0 Å².